The lowest BCUT2D eigenvalue weighted by Gasteiger charge is -2.10. The third-order valence-corrected chi connectivity index (χ3v) is 2.82. The Morgan fingerprint density at radius 2 is 2.05 bits per heavy atom. The van der Waals surface area contributed by atoms with Crippen LogP contribution in [0.4, 0.5) is 0 Å². The lowest BCUT2D eigenvalue weighted by Crippen LogP contribution is -2.09. The molecular formula is C14H15N3O2. The monoisotopic (exact) mass is 257 g/mol. The number of nitrogens with zero attached hydrogens (tertiary/aromatic N) is 3. The summed E-state index contributed by atoms with van der Waals surface area (Å²) in [6.45, 7) is 5.74. The number of aromatic carboxylic acids is 1. The van der Waals surface area contributed by atoms with Gasteiger partial charge >= 0.3 is 5.97 Å². The van der Waals surface area contributed by atoms with Crippen molar-refractivity contribution in [1.29, 1.82) is 0 Å². The summed E-state index contributed by atoms with van der Waals surface area (Å²) in [6, 6.07) is 3.76. The van der Waals surface area contributed by atoms with Gasteiger partial charge in [0.05, 0.1) is 11.3 Å². The first-order chi connectivity index (χ1) is 9.00. The standard InChI is InChI=1S/C14H15N3O2/c1-8(2)11-10(14(18)19)7-16-13(17-11)12-9(3)5-4-6-15-12/h4-8H,1-3H3,(H,18,19). The van der Waals surface area contributed by atoms with Gasteiger partial charge in [0.25, 0.3) is 0 Å². The largest absolute Gasteiger partial charge is 0.478 e. The van der Waals surface area contributed by atoms with Gasteiger partial charge in [0.2, 0.25) is 0 Å². The second-order valence-electron chi connectivity index (χ2n) is 4.62. The molecule has 0 saturated carbocycles. The highest BCUT2D eigenvalue weighted by molar-refractivity contribution is 5.88. The zero-order valence-electron chi connectivity index (χ0n) is 11.1. The van der Waals surface area contributed by atoms with Gasteiger partial charge in [-0.1, -0.05) is 19.9 Å². The summed E-state index contributed by atoms with van der Waals surface area (Å²) in [6.07, 6.45) is 3.03. The predicted molar refractivity (Wildman–Crippen MR) is 71.0 cm³/mol. The van der Waals surface area contributed by atoms with Gasteiger partial charge in [-0.25, -0.2) is 14.8 Å². The molecule has 0 spiro atoms. The van der Waals surface area contributed by atoms with Crippen molar-refractivity contribution in [3.05, 3.63) is 41.3 Å². The Morgan fingerprint density at radius 3 is 2.63 bits per heavy atom. The van der Waals surface area contributed by atoms with E-state index in [4.69, 9.17) is 5.11 Å². The van der Waals surface area contributed by atoms with Crippen LogP contribution in [0.3, 0.4) is 0 Å². The first kappa shape index (κ1) is 13.1. The van der Waals surface area contributed by atoms with E-state index in [1.807, 2.05) is 32.9 Å². The summed E-state index contributed by atoms with van der Waals surface area (Å²) >= 11 is 0. The molecule has 0 radical (unpaired) electrons. The molecule has 0 fully saturated rings. The third kappa shape index (κ3) is 2.59. The molecule has 2 aromatic heterocycles. The molecule has 2 heterocycles. The van der Waals surface area contributed by atoms with Crippen LogP contribution in [0, 0.1) is 6.92 Å². The van der Waals surface area contributed by atoms with Crippen molar-refractivity contribution in [3.8, 4) is 11.5 Å². The number of carboxylic acid groups (broad SMARTS) is 1. The van der Waals surface area contributed by atoms with E-state index in [-0.39, 0.29) is 11.5 Å². The minimum atomic E-state index is -1.01. The first-order valence-corrected chi connectivity index (χ1v) is 6.03. The number of pyridine rings is 1. The number of aryl methyl sites for hydroxylation is 1. The van der Waals surface area contributed by atoms with Crippen molar-refractivity contribution < 1.29 is 9.90 Å². The maximum absolute atomic E-state index is 11.1. The van der Waals surface area contributed by atoms with Gasteiger partial charge in [0, 0.05) is 12.4 Å². The quantitative estimate of drug-likeness (QED) is 0.914. The van der Waals surface area contributed by atoms with E-state index in [9.17, 15) is 4.79 Å². The molecule has 0 aliphatic rings. The summed E-state index contributed by atoms with van der Waals surface area (Å²) in [5.41, 5.74) is 2.32. The van der Waals surface area contributed by atoms with E-state index in [2.05, 4.69) is 15.0 Å². The van der Waals surface area contributed by atoms with Crippen molar-refractivity contribution >= 4 is 5.97 Å². The third-order valence-electron chi connectivity index (χ3n) is 2.82. The van der Waals surface area contributed by atoms with Gasteiger partial charge in [-0.15, -0.1) is 0 Å². The van der Waals surface area contributed by atoms with Gasteiger partial charge in [-0.2, -0.15) is 0 Å². The Bertz CT molecular complexity index is 624. The summed E-state index contributed by atoms with van der Waals surface area (Å²) in [7, 11) is 0. The van der Waals surface area contributed by atoms with E-state index < -0.39 is 5.97 Å². The molecule has 2 aromatic rings. The lowest BCUT2D eigenvalue weighted by molar-refractivity contribution is 0.0694. The zero-order chi connectivity index (χ0) is 14.0. The maximum Gasteiger partial charge on any atom is 0.339 e. The van der Waals surface area contributed by atoms with Crippen molar-refractivity contribution in [2.24, 2.45) is 0 Å². The summed E-state index contributed by atoms with van der Waals surface area (Å²) in [5.74, 6) is -0.531. The number of rotatable bonds is 3. The first-order valence-electron chi connectivity index (χ1n) is 6.03. The van der Waals surface area contributed by atoms with Crippen LogP contribution < -0.4 is 0 Å². The molecule has 0 aliphatic heterocycles. The molecule has 5 nitrogen and oxygen atoms in total. The van der Waals surface area contributed by atoms with Crippen molar-refractivity contribution in [2.75, 3.05) is 0 Å². The molecular weight excluding hydrogens is 242 g/mol. The van der Waals surface area contributed by atoms with Gasteiger partial charge in [0.1, 0.15) is 5.69 Å². The smallest absolute Gasteiger partial charge is 0.339 e. The highest BCUT2D eigenvalue weighted by Crippen LogP contribution is 2.22. The predicted octanol–water partition coefficient (Wildman–Crippen LogP) is 2.67. The maximum atomic E-state index is 11.1. The molecule has 0 unspecified atom stereocenters. The van der Waals surface area contributed by atoms with Gasteiger partial charge in [-0.3, -0.25) is 4.98 Å². The molecule has 1 N–H and O–H groups in total. The molecule has 0 aliphatic carbocycles. The molecule has 0 saturated heterocycles. The summed E-state index contributed by atoms with van der Waals surface area (Å²) in [5, 5.41) is 9.13. The topological polar surface area (TPSA) is 76.0 Å². The molecule has 2 rings (SSSR count). The average molecular weight is 257 g/mol. The molecule has 0 atom stereocenters. The van der Waals surface area contributed by atoms with E-state index >= 15 is 0 Å². The molecule has 19 heavy (non-hydrogen) atoms. The molecule has 0 aromatic carbocycles. The second kappa shape index (κ2) is 5.14. The number of aromatic nitrogens is 3. The van der Waals surface area contributed by atoms with Crippen LogP contribution in [-0.4, -0.2) is 26.0 Å². The van der Waals surface area contributed by atoms with Crippen LogP contribution in [0.5, 0.6) is 0 Å². The van der Waals surface area contributed by atoms with Crippen LogP contribution in [0.2, 0.25) is 0 Å². The van der Waals surface area contributed by atoms with Crippen molar-refractivity contribution in [1.82, 2.24) is 15.0 Å². The van der Waals surface area contributed by atoms with Crippen LogP contribution in [0.25, 0.3) is 11.5 Å². The minimum Gasteiger partial charge on any atom is -0.478 e. The molecule has 0 amide bonds. The zero-order valence-corrected chi connectivity index (χ0v) is 11.1. The average Bonchev–Trinajstić information content (AvgIpc) is 2.38. The lowest BCUT2D eigenvalue weighted by atomic mass is 10.0. The van der Waals surface area contributed by atoms with E-state index in [1.165, 1.54) is 6.20 Å². The van der Waals surface area contributed by atoms with E-state index in [0.29, 0.717) is 17.2 Å². The minimum absolute atomic E-state index is 0.0110. The fourth-order valence-corrected chi connectivity index (χ4v) is 1.83. The highest BCUT2D eigenvalue weighted by atomic mass is 16.4. The van der Waals surface area contributed by atoms with Crippen LogP contribution in [0.15, 0.2) is 24.5 Å². The molecule has 98 valence electrons. The Balaban J connectivity index is 2.59. The highest BCUT2D eigenvalue weighted by Gasteiger charge is 2.17. The van der Waals surface area contributed by atoms with Crippen LogP contribution in [-0.2, 0) is 0 Å². The second-order valence-corrected chi connectivity index (χ2v) is 4.62. The normalized spacial score (nSPS) is 10.7. The Hall–Kier alpha value is -2.30. The van der Waals surface area contributed by atoms with Crippen LogP contribution in [0.1, 0.15) is 41.4 Å². The number of carbonyl (C=O) groups is 1. The fourth-order valence-electron chi connectivity index (χ4n) is 1.83. The number of carboxylic acids is 1. The number of hydrogen-bond donors (Lipinski definition) is 1. The van der Waals surface area contributed by atoms with Gasteiger partial charge in [-0.05, 0) is 24.5 Å². The van der Waals surface area contributed by atoms with Gasteiger partial charge < -0.3 is 5.11 Å². The van der Waals surface area contributed by atoms with Gasteiger partial charge in [0.15, 0.2) is 5.82 Å². The Morgan fingerprint density at radius 1 is 1.32 bits per heavy atom. The Kier molecular flexibility index (Phi) is 3.55. The number of hydrogen-bond acceptors (Lipinski definition) is 4. The molecule has 5 heteroatoms. The summed E-state index contributed by atoms with van der Waals surface area (Å²) in [4.78, 5) is 23.9. The van der Waals surface area contributed by atoms with Crippen molar-refractivity contribution in [3.63, 3.8) is 0 Å². The van der Waals surface area contributed by atoms with Crippen molar-refractivity contribution in [2.45, 2.75) is 26.7 Å². The SMILES string of the molecule is Cc1cccnc1-c1ncc(C(=O)O)c(C(C)C)n1. The fraction of sp³-hybridized carbons (Fsp3) is 0.286. The van der Waals surface area contributed by atoms with E-state index in [1.54, 1.807) is 6.20 Å². The Labute approximate surface area is 111 Å². The van der Waals surface area contributed by atoms with Crippen LogP contribution >= 0.6 is 0 Å². The van der Waals surface area contributed by atoms with E-state index in [0.717, 1.165) is 5.56 Å². The molecule has 0 bridgehead atoms. The summed E-state index contributed by atoms with van der Waals surface area (Å²) < 4.78 is 0.